The van der Waals surface area contributed by atoms with E-state index in [1.807, 2.05) is 65.7 Å². The van der Waals surface area contributed by atoms with E-state index in [1.54, 1.807) is 26.4 Å². The zero-order valence-electron chi connectivity index (χ0n) is 27.2. The molecular weight excluding hydrogens is 602 g/mol. The molecule has 0 aliphatic rings. The van der Waals surface area contributed by atoms with Crippen molar-refractivity contribution in [3.63, 3.8) is 0 Å². The number of imidazole rings is 1. The molecule has 0 fully saturated rings. The number of benzene rings is 3. The number of rotatable bonds is 13. The highest BCUT2D eigenvalue weighted by Crippen LogP contribution is 2.38. The van der Waals surface area contributed by atoms with Crippen LogP contribution >= 0.6 is 11.6 Å². The van der Waals surface area contributed by atoms with Gasteiger partial charge in [0.25, 0.3) is 5.91 Å². The Morgan fingerprint density at radius 3 is 2.30 bits per heavy atom. The molecule has 0 aliphatic heterocycles. The van der Waals surface area contributed by atoms with Crippen molar-refractivity contribution in [3.05, 3.63) is 107 Å². The molecule has 8 nitrogen and oxygen atoms in total. The molecule has 2 heterocycles. The Balaban J connectivity index is 1.57. The number of methoxy groups -OCH3 is 4. The van der Waals surface area contributed by atoms with E-state index in [9.17, 15) is 4.79 Å². The molecule has 0 saturated carbocycles. The first-order valence-electron chi connectivity index (χ1n) is 15.2. The second kappa shape index (κ2) is 14.6. The first-order chi connectivity index (χ1) is 22.3. The summed E-state index contributed by atoms with van der Waals surface area (Å²) < 4.78 is 24.5. The summed E-state index contributed by atoms with van der Waals surface area (Å²) in [6.07, 6.45) is 3.34. The Hall–Kier alpha value is -4.69. The van der Waals surface area contributed by atoms with Crippen LogP contribution in [0.25, 0.3) is 16.8 Å². The van der Waals surface area contributed by atoms with Crippen molar-refractivity contribution in [1.29, 1.82) is 0 Å². The highest BCUT2D eigenvalue weighted by Gasteiger charge is 2.26. The van der Waals surface area contributed by atoms with Gasteiger partial charge in [-0.25, -0.2) is 4.98 Å². The normalized spacial score (nSPS) is 11.1. The fourth-order valence-electron chi connectivity index (χ4n) is 5.63. The van der Waals surface area contributed by atoms with Crippen molar-refractivity contribution in [2.75, 3.05) is 35.0 Å². The summed E-state index contributed by atoms with van der Waals surface area (Å²) in [5.74, 6) is 2.53. The first kappa shape index (κ1) is 32.7. The van der Waals surface area contributed by atoms with Crippen LogP contribution in [0.5, 0.6) is 23.0 Å². The van der Waals surface area contributed by atoms with Gasteiger partial charge >= 0.3 is 0 Å². The predicted molar refractivity (Wildman–Crippen MR) is 182 cm³/mol. The summed E-state index contributed by atoms with van der Waals surface area (Å²) in [5.41, 5.74) is 5.90. The van der Waals surface area contributed by atoms with Gasteiger partial charge in [0.1, 0.15) is 17.1 Å². The van der Waals surface area contributed by atoms with Crippen molar-refractivity contribution in [2.24, 2.45) is 5.92 Å². The molecule has 240 valence electrons. The zero-order chi connectivity index (χ0) is 32.8. The van der Waals surface area contributed by atoms with Gasteiger partial charge in [-0.2, -0.15) is 0 Å². The van der Waals surface area contributed by atoms with Crippen LogP contribution in [-0.2, 0) is 13.0 Å². The second-order valence-corrected chi connectivity index (χ2v) is 11.8. The van der Waals surface area contributed by atoms with Gasteiger partial charge in [0.05, 0.1) is 57.0 Å². The summed E-state index contributed by atoms with van der Waals surface area (Å²) in [7, 11) is 6.40. The number of hydrogen-bond acceptors (Lipinski definition) is 6. The van der Waals surface area contributed by atoms with E-state index < -0.39 is 0 Å². The fraction of sp³-hybridized carbons (Fsp3) is 0.297. The Kier molecular flexibility index (Phi) is 10.4. The zero-order valence-corrected chi connectivity index (χ0v) is 27.9. The topological polar surface area (TPSA) is 74.5 Å². The number of para-hydroxylation sites is 1. The van der Waals surface area contributed by atoms with E-state index in [2.05, 4.69) is 24.3 Å². The SMILES string of the molecule is COc1ccc(-c2ccccc2OC)cc1Cc1c(CN(CCC(C)C)C(=O)c2ccc(OC)c(OC)c2Cl)nc2ccccn12. The summed E-state index contributed by atoms with van der Waals surface area (Å²) in [6, 6.07) is 23.4. The monoisotopic (exact) mass is 641 g/mol. The lowest BCUT2D eigenvalue weighted by Crippen LogP contribution is -2.33. The number of amides is 1. The minimum absolute atomic E-state index is 0.203. The number of carbonyl (C=O) groups is 1. The molecule has 46 heavy (non-hydrogen) atoms. The molecule has 0 spiro atoms. The molecule has 1 amide bonds. The molecule has 0 atom stereocenters. The van der Waals surface area contributed by atoms with Crippen molar-refractivity contribution in [1.82, 2.24) is 14.3 Å². The summed E-state index contributed by atoms with van der Waals surface area (Å²) in [6.45, 7) is 5.11. The summed E-state index contributed by atoms with van der Waals surface area (Å²) >= 11 is 6.73. The van der Waals surface area contributed by atoms with E-state index in [-0.39, 0.29) is 10.9 Å². The number of hydrogen-bond donors (Lipinski definition) is 0. The third kappa shape index (κ3) is 6.77. The van der Waals surface area contributed by atoms with Crippen LogP contribution in [0.15, 0.2) is 79.0 Å². The van der Waals surface area contributed by atoms with E-state index in [0.717, 1.165) is 51.6 Å². The van der Waals surface area contributed by atoms with Crippen LogP contribution in [-0.4, -0.2) is 55.2 Å². The molecule has 2 aromatic heterocycles. The standard InChI is InChI=1S/C37H40ClN3O5/c1-24(2)18-20-40(37(42)28-15-17-33(45-5)36(46-6)35(28)38)23-29-30(41-19-10-9-13-34(41)39-29)22-26-21-25(14-16-31(26)43-3)27-11-7-8-12-32(27)44-4/h7-17,19,21,24H,18,20,22-23H2,1-6H3. The molecule has 0 bridgehead atoms. The van der Waals surface area contributed by atoms with E-state index >= 15 is 0 Å². The number of ether oxygens (including phenoxy) is 4. The van der Waals surface area contributed by atoms with Crippen LogP contribution in [0.3, 0.4) is 0 Å². The quantitative estimate of drug-likeness (QED) is 0.130. The number of fused-ring (bicyclic) bond motifs is 1. The number of halogens is 1. The average Bonchev–Trinajstić information content (AvgIpc) is 3.42. The van der Waals surface area contributed by atoms with Gasteiger partial charge in [-0.15, -0.1) is 0 Å². The highest BCUT2D eigenvalue weighted by molar-refractivity contribution is 6.35. The molecule has 0 saturated heterocycles. The maximum atomic E-state index is 14.2. The second-order valence-electron chi connectivity index (χ2n) is 11.4. The van der Waals surface area contributed by atoms with Crippen LogP contribution in [0.1, 0.15) is 47.6 Å². The highest BCUT2D eigenvalue weighted by atomic mass is 35.5. The fourth-order valence-corrected chi connectivity index (χ4v) is 5.94. The average molecular weight is 642 g/mol. The maximum absolute atomic E-state index is 14.2. The first-order valence-corrected chi connectivity index (χ1v) is 15.6. The Morgan fingerprint density at radius 2 is 1.59 bits per heavy atom. The number of pyridine rings is 1. The molecule has 9 heteroatoms. The largest absolute Gasteiger partial charge is 0.496 e. The molecular formula is C37H40ClN3O5. The van der Waals surface area contributed by atoms with Crippen molar-refractivity contribution >= 4 is 23.2 Å². The van der Waals surface area contributed by atoms with Gasteiger partial charge in [0.15, 0.2) is 11.5 Å². The lowest BCUT2D eigenvalue weighted by Gasteiger charge is -2.25. The van der Waals surface area contributed by atoms with Gasteiger partial charge in [-0.05, 0) is 60.4 Å². The number of carbonyl (C=O) groups excluding carboxylic acids is 1. The van der Waals surface area contributed by atoms with E-state index in [4.69, 9.17) is 35.5 Å². The van der Waals surface area contributed by atoms with Gasteiger partial charge in [-0.3, -0.25) is 4.79 Å². The predicted octanol–water partition coefficient (Wildman–Crippen LogP) is 7.97. The van der Waals surface area contributed by atoms with Crippen LogP contribution in [0.2, 0.25) is 5.02 Å². The van der Waals surface area contributed by atoms with Crippen molar-refractivity contribution in [2.45, 2.75) is 33.2 Å². The maximum Gasteiger partial charge on any atom is 0.255 e. The van der Waals surface area contributed by atoms with Gasteiger partial charge in [-0.1, -0.05) is 55.8 Å². The smallest absolute Gasteiger partial charge is 0.255 e. The Morgan fingerprint density at radius 1 is 0.870 bits per heavy atom. The summed E-state index contributed by atoms with van der Waals surface area (Å²) in [4.78, 5) is 21.0. The van der Waals surface area contributed by atoms with Crippen LogP contribution in [0.4, 0.5) is 0 Å². The van der Waals surface area contributed by atoms with Crippen LogP contribution in [0, 0.1) is 5.92 Å². The van der Waals surface area contributed by atoms with Gasteiger partial charge in [0.2, 0.25) is 0 Å². The lowest BCUT2D eigenvalue weighted by atomic mass is 9.98. The van der Waals surface area contributed by atoms with E-state index in [0.29, 0.717) is 42.5 Å². The van der Waals surface area contributed by atoms with E-state index in [1.165, 1.54) is 14.2 Å². The third-order valence-corrected chi connectivity index (χ3v) is 8.46. The molecule has 3 aromatic carbocycles. The Bertz CT molecular complexity index is 1830. The number of aromatic nitrogens is 2. The number of nitrogens with zero attached hydrogens (tertiary/aromatic N) is 3. The van der Waals surface area contributed by atoms with Crippen molar-refractivity contribution in [3.8, 4) is 34.1 Å². The molecule has 5 aromatic rings. The van der Waals surface area contributed by atoms with Crippen molar-refractivity contribution < 1.29 is 23.7 Å². The summed E-state index contributed by atoms with van der Waals surface area (Å²) in [5, 5.41) is 0.217. The molecule has 0 N–H and O–H groups in total. The van der Waals surface area contributed by atoms with Gasteiger partial charge in [0, 0.05) is 30.3 Å². The molecule has 0 aliphatic carbocycles. The Labute approximate surface area is 275 Å². The molecule has 5 rings (SSSR count). The molecule has 0 radical (unpaired) electrons. The molecule has 0 unspecified atom stereocenters. The minimum Gasteiger partial charge on any atom is -0.496 e. The minimum atomic E-state index is -0.203. The van der Waals surface area contributed by atoms with Gasteiger partial charge < -0.3 is 28.2 Å². The van der Waals surface area contributed by atoms with Crippen LogP contribution < -0.4 is 18.9 Å². The lowest BCUT2D eigenvalue weighted by molar-refractivity contribution is 0.0733. The third-order valence-electron chi connectivity index (χ3n) is 8.09.